The minimum Gasteiger partial charge on any atom is -0.383 e. The summed E-state index contributed by atoms with van der Waals surface area (Å²) in [6, 6.07) is 7.15. The van der Waals surface area contributed by atoms with Crippen LogP contribution >= 0.6 is 11.8 Å². The number of likely N-dealkylation sites (N-methyl/N-ethyl adjacent to an activating group) is 1. The Morgan fingerprint density at radius 3 is 2.55 bits per heavy atom. The molecule has 2 aromatic rings. The van der Waals surface area contributed by atoms with Crippen molar-refractivity contribution in [1.82, 2.24) is 19.4 Å². The quantitative estimate of drug-likeness (QED) is 0.508. The lowest BCUT2D eigenvalue weighted by Crippen LogP contribution is -2.50. The molecular weight excluding hydrogens is 388 g/mol. The van der Waals surface area contributed by atoms with Crippen molar-refractivity contribution in [2.75, 3.05) is 46.4 Å². The first-order chi connectivity index (χ1) is 14.0. The summed E-state index contributed by atoms with van der Waals surface area (Å²) in [5.41, 5.74) is 0.552. The summed E-state index contributed by atoms with van der Waals surface area (Å²) in [5.74, 6) is 0.0964. The van der Waals surface area contributed by atoms with Crippen LogP contribution in [0.25, 0.3) is 10.9 Å². The Balaban J connectivity index is 1.87. The topological polar surface area (TPSA) is 67.7 Å². The van der Waals surface area contributed by atoms with Crippen LogP contribution in [-0.2, 0) is 9.53 Å². The average molecular weight is 419 g/mol. The van der Waals surface area contributed by atoms with Crippen molar-refractivity contribution in [3.63, 3.8) is 0 Å². The van der Waals surface area contributed by atoms with Gasteiger partial charge < -0.3 is 14.5 Å². The van der Waals surface area contributed by atoms with Crippen LogP contribution in [0.1, 0.15) is 26.8 Å². The number of piperazine rings is 1. The average Bonchev–Trinajstić information content (AvgIpc) is 2.73. The Kier molecular flexibility index (Phi) is 7.32. The maximum atomic E-state index is 13.1. The third kappa shape index (κ3) is 4.82. The van der Waals surface area contributed by atoms with Gasteiger partial charge in [0.05, 0.1) is 28.8 Å². The van der Waals surface area contributed by atoms with Gasteiger partial charge in [0.15, 0.2) is 5.16 Å². The SMILES string of the molecule is CCN1CCN(C(=O)C(C)Sc2nc3ccccc3c(=O)n2C(C)COC)CC1. The van der Waals surface area contributed by atoms with Gasteiger partial charge in [0, 0.05) is 33.3 Å². The number of carbonyl (C=O) groups excluding carboxylic acids is 1. The van der Waals surface area contributed by atoms with E-state index >= 15 is 0 Å². The maximum absolute atomic E-state index is 13.1. The molecule has 1 aromatic carbocycles. The molecule has 0 radical (unpaired) electrons. The fourth-order valence-corrected chi connectivity index (χ4v) is 4.76. The van der Waals surface area contributed by atoms with Crippen molar-refractivity contribution >= 4 is 28.6 Å². The molecule has 3 rings (SSSR count). The fraction of sp³-hybridized carbons (Fsp3) is 0.571. The first-order valence-corrected chi connectivity index (χ1v) is 11.0. The number of amides is 1. The number of methoxy groups -OCH3 is 1. The van der Waals surface area contributed by atoms with Crippen molar-refractivity contribution < 1.29 is 9.53 Å². The van der Waals surface area contributed by atoms with E-state index in [4.69, 9.17) is 9.72 Å². The Morgan fingerprint density at radius 2 is 1.90 bits per heavy atom. The first kappa shape index (κ1) is 21.8. The van der Waals surface area contributed by atoms with Gasteiger partial charge in [0.25, 0.3) is 5.56 Å². The molecule has 0 N–H and O–H groups in total. The molecule has 0 bridgehead atoms. The highest BCUT2D eigenvalue weighted by Crippen LogP contribution is 2.26. The number of ether oxygens (including phenoxy) is 1. The van der Waals surface area contributed by atoms with Crippen LogP contribution in [0, 0.1) is 0 Å². The largest absolute Gasteiger partial charge is 0.383 e. The Hall–Kier alpha value is -1.90. The zero-order valence-electron chi connectivity index (χ0n) is 17.6. The second-order valence-corrected chi connectivity index (χ2v) is 8.72. The number of rotatable bonds is 7. The molecule has 2 atom stereocenters. The van der Waals surface area contributed by atoms with Crippen LogP contribution in [0.2, 0.25) is 0 Å². The van der Waals surface area contributed by atoms with Crippen molar-refractivity contribution in [2.24, 2.45) is 0 Å². The number of aromatic nitrogens is 2. The highest BCUT2D eigenvalue weighted by Gasteiger charge is 2.27. The number of thioether (sulfide) groups is 1. The lowest BCUT2D eigenvalue weighted by Gasteiger charge is -2.35. The summed E-state index contributed by atoms with van der Waals surface area (Å²) in [5, 5.41) is 0.818. The van der Waals surface area contributed by atoms with Crippen molar-refractivity contribution in [2.45, 2.75) is 37.2 Å². The predicted molar refractivity (Wildman–Crippen MR) is 117 cm³/mol. The summed E-state index contributed by atoms with van der Waals surface area (Å²) in [6.45, 7) is 10.7. The molecule has 1 aromatic heterocycles. The molecule has 1 aliphatic rings. The van der Waals surface area contributed by atoms with E-state index in [-0.39, 0.29) is 22.8 Å². The molecule has 7 nitrogen and oxygen atoms in total. The van der Waals surface area contributed by atoms with E-state index in [0.717, 1.165) is 32.7 Å². The van der Waals surface area contributed by atoms with E-state index in [2.05, 4.69) is 11.8 Å². The third-order valence-electron chi connectivity index (χ3n) is 5.39. The highest BCUT2D eigenvalue weighted by atomic mass is 32.2. The molecule has 2 unspecified atom stereocenters. The Bertz CT molecular complexity index is 908. The van der Waals surface area contributed by atoms with Crippen LogP contribution in [0.4, 0.5) is 0 Å². The molecule has 8 heteroatoms. The zero-order chi connectivity index (χ0) is 21.0. The van der Waals surface area contributed by atoms with E-state index in [1.807, 2.05) is 36.9 Å². The number of fused-ring (bicyclic) bond motifs is 1. The van der Waals surface area contributed by atoms with E-state index in [1.54, 1.807) is 17.7 Å². The molecule has 1 fully saturated rings. The molecule has 29 heavy (non-hydrogen) atoms. The molecule has 158 valence electrons. The first-order valence-electron chi connectivity index (χ1n) is 10.1. The highest BCUT2D eigenvalue weighted by molar-refractivity contribution is 8.00. The third-order valence-corrected chi connectivity index (χ3v) is 6.44. The number of hydrogen-bond acceptors (Lipinski definition) is 6. The number of para-hydroxylation sites is 1. The normalized spacial score (nSPS) is 17.4. The molecule has 1 saturated heterocycles. The lowest BCUT2D eigenvalue weighted by atomic mass is 10.2. The van der Waals surface area contributed by atoms with Crippen molar-refractivity contribution in [3.05, 3.63) is 34.6 Å². The molecule has 2 heterocycles. The predicted octanol–water partition coefficient (Wildman–Crippen LogP) is 2.25. The molecule has 1 amide bonds. The molecule has 0 aliphatic carbocycles. The van der Waals surface area contributed by atoms with Crippen LogP contribution < -0.4 is 5.56 Å². The second kappa shape index (κ2) is 9.73. The van der Waals surface area contributed by atoms with Crippen molar-refractivity contribution in [3.8, 4) is 0 Å². The van der Waals surface area contributed by atoms with E-state index in [9.17, 15) is 9.59 Å². The van der Waals surface area contributed by atoms with Crippen LogP contribution in [0.5, 0.6) is 0 Å². The van der Waals surface area contributed by atoms with Crippen LogP contribution in [0.3, 0.4) is 0 Å². The van der Waals surface area contributed by atoms with Gasteiger partial charge >= 0.3 is 0 Å². The monoisotopic (exact) mass is 418 g/mol. The zero-order valence-corrected chi connectivity index (χ0v) is 18.4. The number of benzene rings is 1. The lowest BCUT2D eigenvalue weighted by molar-refractivity contribution is -0.132. The number of nitrogens with zero attached hydrogens (tertiary/aromatic N) is 4. The van der Waals surface area contributed by atoms with Gasteiger partial charge in [0.2, 0.25) is 5.91 Å². The van der Waals surface area contributed by atoms with E-state index < -0.39 is 0 Å². The van der Waals surface area contributed by atoms with E-state index in [1.165, 1.54) is 11.8 Å². The Labute approximate surface area is 176 Å². The van der Waals surface area contributed by atoms with Gasteiger partial charge in [-0.25, -0.2) is 4.98 Å². The minimum absolute atomic E-state index is 0.0964. The standard InChI is InChI=1S/C21H30N4O3S/c1-5-23-10-12-24(13-11-23)19(26)16(3)29-21-22-18-9-7-6-8-17(18)20(27)25(21)15(2)14-28-4/h6-9,15-16H,5,10-14H2,1-4H3. The summed E-state index contributed by atoms with van der Waals surface area (Å²) >= 11 is 1.35. The van der Waals surface area contributed by atoms with Gasteiger partial charge in [-0.15, -0.1) is 0 Å². The van der Waals surface area contributed by atoms with Gasteiger partial charge in [-0.2, -0.15) is 0 Å². The van der Waals surface area contributed by atoms with Crippen LogP contribution in [-0.4, -0.2) is 76.9 Å². The fourth-order valence-electron chi connectivity index (χ4n) is 3.66. The van der Waals surface area contributed by atoms with Gasteiger partial charge in [-0.1, -0.05) is 30.8 Å². The molecular formula is C21H30N4O3S. The molecule has 0 saturated carbocycles. The summed E-state index contributed by atoms with van der Waals surface area (Å²) in [6.07, 6.45) is 0. The summed E-state index contributed by atoms with van der Waals surface area (Å²) in [4.78, 5) is 35.1. The van der Waals surface area contributed by atoms with Gasteiger partial charge in [-0.3, -0.25) is 14.2 Å². The van der Waals surface area contributed by atoms with Gasteiger partial charge in [0.1, 0.15) is 0 Å². The molecule has 0 spiro atoms. The summed E-state index contributed by atoms with van der Waals surface area (Å²) in [7, 11) is 1.62. The summed E-state index contributed by atoms with van der Waals surface area (Å²) < 4.78 is 6.93. The van der Waals surface area contributed by atoms with Crippen LogP contribution in [0.15, 0.2) is 34.2 Å². The second-order valence-electron chi connectivity index (χ2n) is 7.41. The number of carbonyl (C=O) groups is 1. The van der Waals surface area contributed by atoms with Gasteiger partial charge in [-0.05, 0) is 32.5 Å². The smallest absolute Gasteiger partial charge is 0.262 e. The van der Waals surface area contributed by atoms with E-state index in [0.29, 0.717) is 22.7 Å². The molecule has 1 aliphatic heterocycles. The van der Waals surface area contributed by atoms with Crippen molar-refractivity contribution in [1.29, 1.82) is 0 Å². The minimum atomic E-state index is -0.322. The maximum Gasteiger partial charge on any atom is 0.262 e. The number of hydrogen-bond donors (Lipinski definition) is 0. The Morgan fingerprint density at radius 1 is 1.21 bits per heavy atom.